The average molecular weight is 511 g/mol. The molecule has 0 saturated carbocycles. The van der Waals surface area contributed by atoms with Gasteiger partial charge in [-0.1, -0.05) is 66.7 Å². The zero-order valence-corrected chi connectivity index (χ0v) is 21.4. The molecule has 1 amide bonds. The van der Waals surface area contributed by atoms with Crippen molar-refractivity contribution in [3.63, 3.8) is 0 Å². The van der Waals surface area contributed by atoms with Gasteiger partial charge in [0.15, 0.2) is 6.10 Å². The lowest BCUT2D eigenvalue weighted by Gasteiger charge is -2.26. The molecule has 9 nitrogen and oxygen atoms in total. The maximum Gasteiger partial charge on any atom is 0.308 e. The lowest BCUT2D eigenvalue weighted by molar-refractivity contribution is -0.156. The number of fused-ring (bicyclic) bond motifs is 1. The van der Waals surface area contributed by atoms with E-state index in [0.717, 1.165) is 33.5 Å². The summed E-state index contributed by atoms with van der Waals surface area (Å²) in [6.45, 7) is 3.87. The summed E-state index contributed by atoms with van der Waals surface area (Å²) < 4.78 is 5.65. The number of esters is 1. The fourth-order valence-electron chi connectivity index (χ4n) is 4.71. The maximum atomic E-state index is 13.7. The van der Waals surface area contributed by atoms with E-state index in [-0.39, 0.29) is 12.3 Å². The van der Waals surface area contributed by atoms with E-state index in [4.69, 9.17) is 10.5 Å². The van der Waals surface area contributed by atoms with Crippen LogP contribution in [0.15, 0.2) is 72.8 Å². The highest BCUT2D eigenvalue weighted by Crippen LogP contribution is 2.32. The van der Waals surface area contributed by atoms with Crippen molar-refractivity contribution in [2.45, 2.75) is 51.3 Å². The lowest BCUT2D eigenvalue weighted by Crippen LogP contribution is -2.42. The molecule has 4 aromatic rings. The van der Waals surface area contributed by atoms with Crippen molar-refractivity contribution in [3.05, 3.63) is 83.9 Å². The van der Waals surface area contributed by atoms with Gasteiger partial charge in [0.05, 0.1) is 13.0 Å². The van der Waals surface area contributed by atoms with Crippen LogP contribution in [0.5, 0.6) is 0 Å². The number of nitrogens with two attached hydrogens (primary N) is 1. The highest BCUT2D eigenvalue weighted by Gasteiger charge is 2.33. The summed E-state index contributed by atoms with van der Waals surface area (Å²) in [4.78, 5) is 27.9. The lowest BCUT2D eigenvalue weighted by atomic mass is 9.98. The maximum absolute atomic E-state index is 13.7. The smallest absolute Gasteiger partial charge is 0.308 e. The molecular weight excluding hydrogens is 480 g/mol. The Labute approximate surface area is 221 Å². The van der Waals surface area contributed by atoms with Crippen LogP contribution in [0.25, 0.3) is 22.5 Å². The molecule has 1 unspecified atom stereocenters. The molecule has 1 aliphatic rings. The minimum Gasteiger partial charge on any atom is -0.452 e. The van der Waals surface area contributed by atoms with Gasteiger partial charge in [-0.2, -0.15) is 5.21 Å². The van der Waals surface area contributed by atoms with Crippen LogP contribution in [-0.4, -0.2) is 44.1 Å². The molecule has 0 radical (unpaired) electrons. The van der Waals surface area contributed by atoms with Crippen molar-refractivity contribution in [3.8, 4) is 22.5 Å². The standard InChI is InChI=1S/C29H30N6O3/c1-29(2,30)17-26(36)38-25-16-15-21-7-3-6-10-24(21)35(28(25)37)18-19-11-13-20(14-12-19)22-8-4-5-9-23(22)27-31-33-34-32-27/h3-14,25H,15-18,30H2,1-2H3,(H,31,32,33,34). The number of hydrogen-bond acceptors (Lipinski definition) is 7. The van der Waals surface area contributed by atoms with Crippen molar-refractivity contribution in [2.24, 2.45) is 5.73 Å². The molecule has 1 aliphatic heterocycles. The number of rotatable bonds is 7. The summed E-state index contributed by atoms with van der Waals surface area (Å²) in [6, 6.07) is 23.7. The van der Waals surface area contributed by atoms with Crippen LogP contribution in [0, 0.1) is 0 Å². The second-order valence-electron chi connectivity index (χ2n) is 10.2. The average Bonchev–Trinajstić information content (AvgIpc) is 3.40. The van der Waals surface area contributed by atoms with E-state index in [1.54, 1.807) is 18.7 Å². The van der Waals surface area contributed by atoms with Gasteiger partial charge in [0.1, 0.15) is 0 Å². The number of carbonyl (C=O) groups is 2. The Hall–Kier alpha value is -4.37. The molecule has 38 heavy (non-hydrogen) atoms. The molecule has 1 atom stereocenters. The molecule has 0 bridgehead atoms. The zero-order chi connectivity index (χ0) is 26.7. The Morgan fingerprint density at radius 2 is 1.76 bits per heavy atom. The molecule has 5 rings (SSSR count). The van der Waals surface area contributed by atoms with Crippen molar-refractivity contribution >= 4 is 17.6 Å². The van der Waals surface area contributed by atoms with Crippen LogP contribution < -0.4 is 10.6 Å². The Bertz CT molecular complexity index is 1430. The monoisotopic (exact) mass is 510 g/mol. The first-order valence-corrected chi connectivity index (χ1v) is 12.6. The minimum atomic E-state index is -0.863. The second kappa shape index (κ2) is 10.5. The molecule has 1 aromatic heterocycles. The van der Waals surface area contributed by atoms with Gasteiger partial charge in [-0.3, -0.25) is 9.59 Å². The second-order valence-corrected chi connectivity index (χ2v) is 10.2. The topological polar surface area (TPSA) is 127 Å². The van der Waals surface area contributed by atoms with E-state index in [9.17, 15) is 9.59 Å². The third-order valence-electron chi connectivity index (χ3n) is 6.49. The van der Waals surface area contributed by atoms with E-state index in [0.29, 0.717) is 25.2 Å². The number of anilines is 1. The van der Waals surface area contributed by atoms with Crippen molar-refractivity contribution in [1.29, 1.82) is 0 Å². The van der Waals surface area contributed by atoms with Crippen molar-refractivity contribution in [2.75, 3.05) is 4.90 Å². The van der Waals surface area contributed by atoms with Gasteiger partial charge in [0.2, 0.25) is 5.82 Å². The summed E-state index contributed by atoms with van der Waals surface area (Å²) >= 11 is 0. The normalized spacial score (nSPS) is 15.6. The summed E-state index contributed by atoms with van der Waals surface area (Å²) in [5.41, 5.74) is 10.9. The van der Waals surface area contributed by atoms with Crippen LogP contribution in [0.1, 0.15) is 37.8 Å². The molecule has 194 valence electrons. The number of nitrogens with one attached hydrogen (secondary N) is 1. The number of aromatic nitrogens is 4. The molecule has 3 N–H and O–H groups in total. The highest BCUT2D eigenvalue weighted by atomic mass is 16.5. The number of para-hydroxylation sites is 1. The molecular formula is C29H30N6O3. The van der Waals surface area contributed by atoms with Crippen LogP contribution in [0.4, 0.5) is 5.69 Å². The number of aryl methyl sites for hydroxylation is 1. The van der Waals surface area contributed by atoms with Crippen LogP contribution >= 0.6 is 0 Å². The molecule has 3 aromatic carbocycles. The fourth-order valence-corrected chi connectivity index (χ4v) is 4.71. The first-order valence-electron chi connectivity index (χ1n) is 12.6. The molecule has 0 saturated heterocycles. The number of hydrogen-bond donors (Lipinski definition) is 2. The van der Waals surface area contributed by atoms with Gasteiger partial charge in [-0.15, -0.1) is 10.2 Å². The first-order chi connectivity index (χ1) is 18.3. The van der Waals surface area contributed by atoms with Gasteiger partial charge in [-0.25, -0.2) is 0 Å². The van der Waals surface area contributed by atoms with Gasteiger partial charge in [0.25, 0.3) is 5.91 Å². The Kier molecular flexibility index (Phi) is 7.02. The Morgan fingerprint density at radius 3 is 2.47 bits per heavy atom. The van der Waals surface area contributed by atoms with Crippen LogP contribution in [-0.2, 0) is 27.3 Å². The molecule has 2 heterocycles. The number of amides is 1. The summed E-state index contributed by atoms with van der Waals surface area (Å²) in [5.74, 6) is -0.175. The molecule has 0 fully saturated rings. The van der Waals surface area contributed by atoms with E-state index < -0.39 is 17.6 Å². The predicted octanol–water partition coefficient (Wildman–Crippen LogP) is 4.05. The number of nitrogens with zero attached hydrogens (tertiary/aromatic N) is 4. The quantitative estimate of drug-likeness (QED) is 0.359. The van der Waals surface area contributed by atoms with E-state index in [1.165, 1.54) is 0 Å². The predicted molar refractivity (Wildman–Crippen MR) is 144 cm³/mol. The van der Waals surface area contributed by atoms with E-state index in [2.05, 4.69) is 20.6 Å². The largest absolute Gasteiger partial charge is 0.452 e. The number of ether oxygens (including phenoxy) is 1. The third kappa shape index (κ3) is 5.63. The third-order valence-corrected chi connectivity index (χ3v) is 6.49. The number of tetrazole rings is 1. The fraction of sp³-hybridized carbons (Fsp3) is 0.276. The highest BCUT2D eigenvalue weighted by molar-refractivity contribution is 5.99. The number of aromatic amines is 1. The SMILES string of the molecule is CC(C)(N)CC(=O)OC1CCc2ccccc2N(Cc2ccc(-c3ccccc3-c3nn[nH]n3)cc2)C1=O. The molecule has 0 spiro atoms. The van der Waals surface area contributed by atoms with Crippen molar-refractivity contribution in [1.82, 2.24) is 20.6 Å². The van der Waals surface area contributed by atoms with Gasteiger partial charge >= 0.3 is 5.97 Å². The van der Waals surface area contributed by atoms with Crippen molar-refractivity contribution < 1.29 is 14.3 Å². The number of benzene rings is 3. The summed E-state index contributed by atoms with van der Waals surface area (Å²) in [7, 11) is 0. The van der Waals surface area contributed by atoms with E-state index in [1.807, 2.05) is 72.8 Å². The summed E-state index contributed by atoms with van der Waals surface area (Å²) in [5, 5.41) is 14.4. The minimum absolute atomic E-state index is 0.0382. The Balaban J connectivity index is 1.40. The number of H-pyrrole nitrogens is 1. The Morgan fingerprint density at radius 1 is 1.05 bits per heavy atom. The molecule has 9 heteroatoms. The van der Waals surface area contributed by atoms with Crippen LogP contribution in [0.3, 0.4) is 0 Å². The number of carbonyl (C=O) groups excluding carboxylic acids is 2. The van der Waals surface area contributed by atoms with Gasteiger partial charge in [0, 0.05) is 16.8 Å². The zero-order valence-electron chi connectivity index (χ0n) is 21.4. The van der Waals surface area contributed by atoms with Gasteiger partial charge < -0.3 is 15.4 Å². The molecule has 0 aliphatic carbocycles. The van der Waals surface area contributed by atoms with Gasteiger partial charge in [-0.05, 0) is 60.2 Å². The summed E-state index contributed by atoms with van der Waals surface area (Å²) in [6.07, 6.45) is 0.234. The van der Waals surface area contributed by atoms with E-state index >= 15 is 0 Å². The first kappa shape index (κ1) is 25.3. The van der Waals surface area contributed by atoms with Crippen LogP contribution in [0.2, 0.25) is 0 Å².